The van der Waals surface area contributed by atoms with Crippen molar-refractivity contribution in [2.24, 2.45) is 0 Å². The van der Waals surface area contributed by atoms with E-state index in [0.29, 0.717) is 0 Å². The Bertz CT molecular complexity index is 1800. The zero-order chi connectivity index (χ0) is 46.5. The molecule has 0 fully saturated rings. The number of allylic oxidation sites excluding steroid dienone is 2. The molecule has 2 N–H and O–H groups in total. The fraction of sp³-hybridized carbons (Fsp3) is 0.533. The van der Waals surface area contributed by atoms with Crippen LogP contribution in [0.1, 0.15) is 214 Å². The molecule has 0 saturated carbocycles. The van der Waals surface area contributed by atoms with Gasteiger partial charge in [-0.2, -0.15) is 0 Å². The van der Waals surface area contributed by atoms with Crippen LogP contribution in [0.5, 0.6) is 0 Å². The van der Waals surface area contributed by atoms with Crippen LogP contribution in [-0.2, 0) is 72.2 Å². The quantitative estimate of drug-likeness (QED) is 0.0374. The molecule has 0 amide bonds. The SMILES string of the molecule is CCCCCCC1=C(c2cc(CCC)c(CCC)c(CCC)c2)[N+](=[N-])C(c2cc(CCC)c(CCC)c(CCC)c2)=C1CCCCCC.OCc1ccccc1.OCc1ccccc1.[Pd]. The first-order chi connectivity index (χ1) is 31.3. The zero-order valence-corrected chi connectivity index (χ0v) is 43.7. The van der Waals surface area contributed by atoms with Gasteiger partial charge in [-0.25, -0.2) is 4.70 Å². The van der Waals surface area contributed by atoms with Crippen LogP contribution in [0.3, 0.4) is 0 Å². The van der Waals surface area contributed by atoms with Crippen LogP contribution >= 0.6 is 0 Å². The van der Waals surface area contributed by atoms with Gasteiger partial charge in [0, 0.05) is 42.7 Å². The minimum absolute atomic E-state index is 0. The van der Waals surface area contributed by atoms with Gasteiger partial charge in [0.2, 0.25) is 11.4 Å². The van der Waals surface area contributed by atoms with Gasteiger partial charge in [-0.15, -0.1) is 0 Å². The van der Waals surface area contributed by atoms with Crippen molar-refractivity contribution < 1.29 is 35.3 Å². The zero-order valence-electron chi connectivity index (χ0n) is 42.2. The summed E-state index contributed by atoms with van der Waals surface area (Å²) in [6.07, 6.45) is 25.6. The molecule has 0 aromatic heterocycles. The van der Waals surface area contributed by atoms with E-state index in [2.05, 4.69) is 79.7 Å². The number of benzene rings is 4. The summed E-state index contributed by atoms with van der Waals surface area (Å²) in [5.41, 5.74) is 31.2. The molecular formula is C60H88N2O2Pd. The summed E-state index contributed by atoms with van der Waals surface area (Å²) in [5, 5.41) is 17.1. The second-order valence-electron chi connectivity index (χ2n) is 17.9. The molecule has 0 aliphatic carbocycles. The molecule has 1 heterocycles. The van der Waals surface area contributed by atoms with Gasteiger partial charge in [-0.1, -0.05) is 193 Å². The average molecular weight is 976 g/mol. The first-order valence-electron chi connectivity index (χ1n) is 25.9. The van der Waals surface area contributed by atoms with Crippen LogP contribution in [0.2, 0.25) is 0 Å². The van der Waals surface area contributed by atoms with Crippen molar-refractivity contribution in [1.29, 1.82) is 0 Å². The van der Waals surface area contributed by atoms with Crippen molar-refractivity contribution in [1.82, 2.24) is 0 Å². The summed E-state index contributed by atoms with van der Waals surface area (Å²) in [5.74, 6) is 0. The minimum Gasteiger partial charge on any atom is -0.493 e. The van der Waals surface area contributed by atoms with Crippen molar-refractivity contribution in [3.63, 3.8) is 0 Å². The van der Waals surface area contributed by atoms with Gasteiger partial charge in [0.15, 0.2) is 0 Å². The van der Waals surface area contributed by atoms with Crippen LogP contribution in [0.25, 0.3) is 16.9 Å². The predicted molar refractivity (Wildman–Crippen MR) is 277 cm³/mol. The third-order valence-corrected chi connectivity index (χ3v) is 12.5. The Morgan fingerprint density at radius 3 is 0.938 bits per heavy atom. The fourth-order valence-corrected chi connectivity index (χ4v) is 9.39. The third kappa shape index (κ3) is 18.3. The molecule has 0 saturated heterocycles. The van der Waals surface area contributed by atoms with Gasteiger partial charge in [-0.05, 0) is 133 Å². The first-order valence-corrected chi connectivity index (χ1v) is 25.9. The van der Waals surface area contributed by atoms with Crippen molar-refractivity contribution in [3.05, 3.63) is 157 Å². The van der Waals surface area contributed by atoms with Crippen molar-refractivity contribution >= 4 is 11.4 Å². The van der Waals surface area contributed by atoms with Gasteiger partial charge in [0.25, 0.3) is 0 Å². The van der Waals surface area contributed by atoms with E-state index in [1.807, 2.05) is 60.7 Å². The maximum absolute atomic E-state index is 12.6. The van der Waals surface area contributed by atoms with E-state index in [1.165, 1.54) is 109 Å². The van der Waals surface area contributed by atoms with E-state index in [4.69, 9.17) is 10.2 Å². The molecule has 0 bridgehead atoms. The Morgan fingerprint density at radius 1 is 0.385 bits per heavy atom. The molecule has 4 aromatic carbocycles. The second-order valence-corrected chi connectivity index (χ2v) is 17.9. The number of hydrogen-bond acceptors (Lipinski definition) is 2. The second kappa shape index (κ2) is 33.9. The van der Waals surface area contributed by atoms with Gasteiger partial charge < -0.3 is 15.7 Å². The van der Waals surface area contributed by atoms with Crippen molar-refractivity contribution in [3.8, 4) is 0 Å². The molecule has 0 atom stereocenters. The van der Waals surface area contributed by atoms with E-state index in [-0.39, 0.29) is 33.6 Å². The number of rotatable bonds is 26. The summed E-state index contributed by atoms with van der Waals surface area (Å²) >= 11 is 0. The molecule has 360 valence electrons. The van der Waals surface area contributed by atoms with Crippen LogP contribution in [0.4, 0.5) is 0 Å². The largest absolute Gasteiger partial charge is 0.493 e. The van der Waals surface area contributed by atoms with Crippen LogP contribution < -0.4 is 0 Å². The van der Waals surface area contributed by atoms with Gasteiger partial charge in [-0.3, -0.25) is 0 Å². The predicted octanol–water partition coefficient (Wildman–Crippen LogP) is 16.9. The van der Waals surface area contributed by atoms with Crippen LogP contribution in [0.15, 0.2) is 96.1 Å². The maximum atomic E-state index is 12.6. The maximum Gasteiger partial charge on any atom is 0.211 e. The Hall–Kier alpha value is -3.46. The smallest absolute Gasteiger partial charge is 0.211 e. The Kier molecular flexibility index (Phi) is 30.1. The molecule has 0 radical (unpaired) electrons. The summed E-state index contributed by atoms with van der Waals surface area (Å²) in [4.78, 5) is 0. The van der Waals surface area contributed by atoms with E-state index in [9.17, 15) is 5.53 Å². The normalized spacial score (nSPS) is 12.2. The summed E-state index contributed by atoms with van der Waals surface area (Å²) in [6, 6.07) is 29.0. The molecule has 4 nitrogen and oxygen atoms in total. The fourth-order valence-electron chi connectivity index (χ4n) is 9.39. The molecule has 0 spiro atoms. The topological polar surface area (TPSA) is 65.8 Å². The summed E-state index contributed by atoms with van der Waals surface area (Å²) in [7, 11) is 0. The standard InChI is InChI=1S/C46H72N2.2C7H8O.Pd/c1-9-17-19-21-29-43-44(30-22-20-18-10-2)46(40-33-37(25-13-5)42(28-16-8)38(34-40)26-14-6)48(47)45(43)39-31-35(23-11-3)41(27-15-7)36(32-39)24-12-4;2*8-6-7-4-2-1-3-5-7;/h31-34H,9-30H2,1-8H3;2*1-5,8H,6H2;. The van der Waals surface area contributed by atoms with E-state index in [1.54, 1.807) is 15.8 Å². The molecule has 1 aliphatic rings. The number of aliphatic hydroxyl groups excluding tert-OH is 2. The van der Waals surface area contributed by atoms with Gasteiger partial charge in [0.05, 0.1) is 13.2 Å². The first kappa shape index (κ1) is 57.7. The molecule has 5 heteroatoms. The van der Waals surface area contributed by atoms with Crippen molar-refractivity contribution in [2.75, 3.05) is 0 Å². The Labute approximate surface area is 411 Å². The number of aryl methyl sites for hydroxylation is 4. The van der Waals surface area contributed by atoms with E-state index < -0.39 is 0 Å². The van der Waals surface area contributed by atoms with Gasteiger partial charge in [0.1, 0.15) is 0 Å². The molecule has 0 unspecified atom stereocenters. The minimum atomic E-state index is 0. The molecular weight excluding hydrogens is 887 g/mol. The van der Waals surface area contributed by atoms with Crippen molar-refractivity contribution in [2.45, 2.75) is 210 Å². The van der Waals surface area contributed by atoms with Crippen LogP contribution in [-0.4, -0.2) is 14.9 Å². The molecule has 5 rings (SSSR count). The van der Waals surface area contributed by atoms with Crippen LogP contribution in [0, 0.1) is 0 Å². The summed E-state index contributed by atoms with van der Waals surface area (Å²) < 4.78 is 1.69. The number of unbranched alkanes of at least 4 members (excludes halogenated alkanes) is 6. The molecule has 1 aliphatic heterocycles. The number of hydrogen-bond donors (Lipinski definition) is 2. The Balaban J connectivity index is 0.000000709. The molecule has 65 heavy (non-hydrogen) atoms. The molecule has 4 aromatic rings. The number of aliphatic hydroxyl groups is 2. The van der Waals surface area contributed by atoms with Gasteiger partial charge >= 0.3 is 0 Å². The van der Waals surface area contributed by atoms with E-state index in [0.717, 1.165) is 99.6 Å². The monoisotopic (exact) mass is 975 g/mol. The third-order valence-electron chi connectivity index (χ3n) is 12.5. The Morgan fingerprint density at radius 2 is 0.692 bits per heavy atom. The summed E-state index contributed by atoms with van der Waals surface area (Å²) in [6.45, 7) is 18.8. The number of nitrogens with zero attached hydrogens (tertiary/aromatic N) is 2. The van der Waals surface area contributed by atoms with E-state index >= 15 is 0 Å². The average Bonchev–Trinajstić information content (AvgIpc) is 3.59.